The van der Waals surface area contributed by atoms with E-state index < -0.39 is 0 Å². The number of piperidine rings is 1. The summed E-state index contributed by atoms with van der Waals surface area (Å²) in [5.41, 5.74) is 3.89. The van der Waals surface area contributed by atoms with Crippen molar-refractivity contribution in [1.82, 2.24) is 14.5 Å². The largest absolute Gasteiger partial charge is 0.420 e. The lowest BCUT2D eigenvalue weighted by Crippen LogP contribution is -2.36. The van der Waals surface area contributed by atoms with Crippen molar-refractivity contribution < 1.29 is 4.42 Å². The molecule has 4 aromatic rings. The Morgan fingerprint density at radius 3 is 2.81 bits per heavy atom. The average molecular weight is 382 g/mol. The van der Waals surface area contributed by atoms with Crippen LogP contribution in [-0.4, -0.2) is 27.5 Å². The summed E-state index contributed by atoms with van der Waals surface area (Å²) in [6, 6.07) is 13.9. The molecule has 0 aliphatic carbocycles. The van der Waals surface area contributed by atoms with Gasteiger partial charge in [0.05, 0.1) is 5.52 Å². The predicted molar refractivity (Wildman–Crippen MR) is 107 cm³/mol. The smallest absolute Gasteiger partial charge is 0.408 e. The van der Waals surface area contributed by atoms with Crippen molar-refractivity contribution in [2.24, 2.45) is 0 Å². The van der Waals surface area contributed by atoms with Crippen molar-refractivity contribution in [3.8, 4) is 0 Å². The minimum absolute atomic E-state index is 0.149. The number of H-pyrrole nitrogens is 1. The van der Waals surface area contributed by atoms with Gasteiger partial charge in [-0.3, -0.25) is 9.47 Å². The number of nitrogens with one attached hydrogen (secondary N) is 1. The van der Waals surface area contributed by atoms with Gasteiger partial charge >= 0.3 is 5.76 Å². The van der Waals surface area contributed by atoms with Crippen molar-refractivity contribution in [2.75, 3.05) is 13.1 Å². The van der Waals surface area contributed by atoms with E-state index in [-0.39, 0.29) is 11.8 Å². The first-order valence-corrected chi connectivity index (χ1v) is 9.65. The first kappa shape index (κ1) is 16.7. The van der Waals surface area contributed by atoms with Gasteiger partial charge in [-0.25, -0.2) is 4.79 Å². The van der Waals surface area contributed by atoms with Crippen LogP contribution in [0.5, 0.6) is 0 Å². The van der Waals surface area contributed by atoms with Crippen molar-refractivity contribution in [3.05, 3.63) is 69.8 Å². The quantitative estimate of drug-likeness (QED) is 0.565. The van der Waals surface area contributed by atoms with Gasteiger partial charge in [0.1, 0.15) is 0 Å². The predicted octanol–water partition coefficient (Wildman–Crippen LogP) is 4.57. The van der Waals surface area contributed by atoms with E-state index >= 15 is 0 Å². The summed E-state index contributed by atoms with van der Waals surface area (Å²) in [5.74, 6) is -0.289. The fourth-order valence-corrected chi connectivity index (χ4v) is 4.36. The molecule has 0 spiro atoms. The van der Waals surface area contributed by atoms with E-state index in [1.807, 2.05) is 12.1 Å². The third-order valence-electron chi connectivity index (χ3n) is 5.57. The summed E-state index contributed by atoms with van der Waals surface area (Å²) in [6.07, 6.45) is 3.94. The number of aromatic nitrogens is 2. The molecule has 1 aliphatic heterocycles. The van der Waals surface area contributed by atoms with Gasteiger partial charge in [-0.05, 0) is 42.7 Å². The molecule has 0 amide bonds. The van der Waals surface area contributed by atoms with Gasteiger partial charge in [0.25, 0.3) is 0 Å². The minimum Gasteiger partial charge on any atom is -0.408 e. The molecule has 138 valence electrons. The molecule has 0 radical (unpaired) electrons. The number of halogens is 1. The number of rotatable bonds is 3. The standard InChI is InChI=1S/C21H20ClN3O2/c22-15-5-6-20-19(11-15)25(21(26)27-20)16-7-9-24(10-8-16)13-14-12-23-18-4-2-1-3-17(14)18/h1-6,11-12,16,23H,7-10,13H2. The molecule has 0 atom stereocenters. The first-order valence-electron chi connectivity index (χ1n) is 9.27. The number of likely N-dealkylation sites (tertiary alicyclic amines) is 1. The second-order valence-electron chi connectivity index (χ2n) is 7.22. The third-order valence-corrected chi connectivity index (χ3v) is 5.80. The fourth-order valence-electron chi connectivity index (χ4n) is 4.19. The number of hydrogen-bond acceptors (Lipinski definition) is 3. The number of nitrogens with zero attached hydrogens (tertiary/aromatic N) is 2. The number of fused-ring (bicyclic) bond motifs is 2. The molecule has 5 rings (SSSR count). The molecule has 2 aromatic heterocycles. The number of oxazole rings is 1. The van der Waals surface area contributed by atoms with Crippen LogP contribution in [0.3, 0.4) is 0 Å². The van der Waals surface area contributed by atoms with E-state index in [1.54, 1.807) is 16.7 Å². The highest BCUT2D eigenvalue weighted by atomic mass is 35.5. The molecule has 2 aromatic carbocycles. The van der Waals surface area contributed by atoms with E-state index in [1.165, 1.54) is 16.5 Å². The molecule has 3 heterocycles. The van der Waals surface area contributed by atoms with Crippen LogP contribution >= 0.6 is 11.6 Å². The van der Waals surface area contributed by atoms with E-state index in [4.69, 9.17) is 16.0 Å². The molecule has 5 nitrogen and oxygen atoms in total. The van der Waals surface area contributed by atoms with Crippen LogP contribution in [-0.2, 0) is 6.54 Å². The Morgan fingerprint density at radius 1 is 1.15 bits per heavy atom. The van der Waals surface area contributed by atoms with Gasteiger partial charge < -0.3 is 9.40 Å². The highest BCUT2D eigenvalue weighted by Crippen LogP contribution is 2.28. The number of para-hydroxylation sites is 1. The van der Waals surface area contributed by atoms with Crippen LogP contribution in [0.15, 0.2) is 57.9 Å². The highest BCUT2D eigenvalue weighted by Gasteiger charge is 2.25. The van der Waals surface area contributed by atoms with Gasteiger partial charge in [-0.15, -0.1) is 0 Å². The number of hydrogen-bond donors (Lipinski definition) is 1. The molecule has 1 N–H and O–H groups in total. The lowest BCUT2D eigenvalue weighted by Gasteiger charge is -2.32. The molecular weight excluding hydrogens is 362 g/mol. The van der Waals surface area contributed by atoms with E-state index in [0.29, 0.717) is 10.6 Å². The minimum atomic E-state index is -0.289. The molecule has 1 fully saturated rings. The second-order valence-corrected chi connectivity index (χ2v) is 7.65. The molecule has 6 heteroatoms. The van der Waals surface area contributed by atoms with Gasteiger partial charge in [-0.2, -0.15) is 0 Å². The lowest BCUT2D eigenvalue weighted by molar-refractivity contribution is 0.178. The topological polar surface area (TPSA) is 54.2 Å². The highest BCUT2D eigenvalue weighted by molar-refractivity contribution is 6.31. The number of benzene rings is 2. The van der Waals surface area contributed by atoms with Crippen LogP contribution in [0.1, 0.15) is 24.4 Å². The van der Waals surface area contributed by atoms with Gasteiger partial charge in [0.2, 0.25) is 0 Å². The van der Waals surface area contributed by atoms with Crippen molar-refractivity contribution in [2.45, 2.75) is 25.4 Å². The summed E-state index contributed by atoms with van der Waals surface area (Å²) in [6.45, 7) is 2.82. The Morgan fingerprint density at radius 2 is 1.96 bits per heavy atom. The maximum Gasteiger partial charge on any atom is 0.420 e. The van der Waals surface area contributed by atoms with Gasteiger partial charge in [0.15, 0.2) is 5.58 Å². The average Bonchev–Trinajstić information content (AvgIpc) is 3.23. The zero-order chi connectivity index (χ0) is 18.4. The molecular formula is C21H20ClN3O2. The van der Waals surface area contributed by atoms with E-state index in [0.717, 1.165) is 38.0 Å². The Hall–Kier alpha value is -2.50. The maximum atomic E-state index is 12.4. The van der Waals surface area contributed by atoms with E-state index in [9.17, 15) is 4.79 Å². The molecule has 1 saturated heterocycles. The third kappa shape index (κ3) is 2.97. The van der Waals surface area contributed by atoms with Crippen LogP contribution in [0.2, 0.25) is 5.02 Å². The molecule has 27 heavy (non-hydrogen) atoms. The van der Waals surface area contributed by atoms with Crippen LogP contribution in [0, 0.1) is 0 Å². The molecule has 0 unspecified atom stereocenters. The monoisotopic (exact) mass is 381 g/mol. The Bertz CT molecular complexity index is 1170. The van der Waals surface area contributed by atoms with E-state index in [2.05, 4.69) is 34.3 Å². The summed E-state index contributed by atoms with van der Waals surface area (Å²) in [7, 11) is 0. The van der Waals surface area contributed by atoms with Gasteiger partial charge in [-0.1, -0.05) is 29.8 Å². The Labute approximate surface area is 161 Å². The van der Waals surface area contributed by atoms with Gasteiger partial charge in [0, 0.05) is 47.8 Å². The zero-order valence-corrected chi connectivity index (χ0v) is 15.6. The summed E-state index contributed by atoms with van der Waals surface area (Å²) in [4.78, 5) is 18.2. The van der Waals surface area contributed by atoms with Crippen molar-refractivity contribution >= 4 is 33.6 Å². The zero-order valence-electron chi connectivity index (χ0n) is 14.8. The first-order chi connectivity index (χ1) is 13.2. The van der Waals surface area contributed by atoms with Crippen molar-refractivity contribution in [1.29, 1.82) is 0 Å². The molecule has 0 bridgehead atoms. The Balaban J connectivity index is 1.34. The van der Waals surface area contributed by atoms with Crippen LogP contribution in [0.25, 0.3) is 22.0 Å². The molecule has 1 aliphatic rings. The Kier molecular flexibility index (Phi) is 4.06. The summed E-state index contributed by atoms with van der Waals surface area (Å²) >= 11 is 6.12. The summed E-state index contributed by atoms with van der Waals surface area (Å²) < 4.78 is 7.18. The second kappa shape index (κ2) is 6.59. The van der Waals surface area contributed by atoms with Crippen molar-refractivity contribution in [3.63, 3.8) is 0 Å². The summed E-state index contributed by atoms with van der Waals surface area (Å²) in [5, 5.41) is 1.90. The number of aromatic amines is 1. The fraction of sp³-hybridized carbons (Fsp3) is 0.286. The lowest BCUT2D eigenvalue weighted by atomic mass is 10.0. The normalized spacial score (nSPS) is 16.5. The SMILES string of the molecule is O=c1oc2ccc(Cl)cc2n1C1CCN(Cc2c[nH]c3ccccc23)CC1. The van der Waals surface area contributed by atoms with Crippen LogP contribution in [0.4, 0.5) is 0 Å². The molecule has 0 saturated carbocycles. The maximum absolute atomic E-state index is 12.4. The van der Waals surface area contributed by atoms with Crippen LogP contribution < -0.4 is 5.76 Å².